The van der Waals surface area contributed by atoms with E-state index < -0.39 is 11.6 Å². The largest absolute Gasteiger partial charge is 0.337 e. The Labute approximate surface area is 151 Å². The molecule has 0 aliphatic heterocycles. The van der Waals surface area contributed by atoms with E-state index in [1.54, 1.807) is 11.8 Å². The van der Waals surface area contributed by atoms with Crippen LogP contribution in [0.2, 0.25) is 0 Å². The minimum Gasteiger partial charge on any atom is -0.337 e. The summed E-state index contributed by atoms with van der Waals surface area (Å²) >= 11 is 1.05. The van der Waals surface area contributed by atoms with Gasteiger partial charge in [-0.1, -0.05) is 33.8 Å². The second-order valence-corrected chi connectivity index (χ2v) is 8.03. The lowest BCUT2D eigenvalue weighted by Crippen LogP contribution is -2.36. The Morgan fingerprint density at radius 2 is 1.64 bits per heavy atom. The maximum Gasteiger partial charge on any atom is 0.265 e. The smallest absolute Gasteiger partial charge is 0.265 e. The van der Waals surface area contributed by atoms with E-state index in [4.69, 9.17) is 0 Å². The van der Waals surface area contributed by atoms with E-state index in [2.05, 4.69) is 32.7 Å². The number of carbonyl (C=O) groups is 1. The van der Waals surface area contributed by atoms with Crippen LogP contribution in [-0.4, -0.2) is 28.9 Å². The fourth-order valence-corrected chi connectivity index (χ4v) is 3.75. The molecule has 0 bridgehead atoms. The molecule has 0 atom stereocenters. The Balaban J connectivity index is 2.39. The molecule has 0 saturated heterocycles. The summed E-state index contributed by atoms with van der Waals surface area (Å²) in [4.78, 5) is 19.5. The average molecular weight is 366 g/mol. The van der Waals surface area contributed by atoms with Gasteiger partial charge in [-0.25, -0.2) is 13.8 Å². The first-order chi connectivity index (χ1) is 11.7. The van der Waals surface area contributed by atoms with E-state index in [0.717, 1.165) is 11.3 Å². The summed E-state index contributed by atoms with van der Waals surface area (Å²) in [5, 5.41) is 0.200. The van der Waals surface area contributed by atoms with Crippen LogP contribution in [0, 0.1) is 30.4 Å². The van der Waals surface area contributed by atoms with Gasteiger partial charge in [-0.05, 0) is 30.9 Å². The van der Waals surface area contributed by atoms with Gasteiger partial charge in [0.15, 0.2) is 0 Å². The number of amides is 1. The summed E-state index contributed by atoms with van der Waals surface area (Å²) in [6.07, 6.45) is 0. The number of carbonyl (C=O) groups excluding carboxylic acids is 1. The van der Waals surface area contributed by atoms with E-state index >= 15 is 0 Å². The number of hydrogen-bond donors (Lipinski definition) is 0. The first-order valence-electron chi connectivity index (χ1n) is 8.41. The Hall–Kier alpha value is -1.82. The van der Waals surface area contributed by atoms with E-state index in [-0.39, 0.29) is 16.5 Å². The van der Waals surface area contributed by atoms with Gasteiger partial charge in [0.05, 0.1) is 11.3 Å². The zero-order valence-electron chi connectivity index (χ0n) is 15.3. The molecular formula is C19H24F2N2OS. The van der Waals surface area contributed by atoms with Gasteiger partial charge >= 0.3 is 0 Å². The van der Waals surface area contributed by atoms with Crippen LogP contribution in [0.5, 0.6) is 0 Å². The number of nitrogens with zero attached hydrogens (tertiary/aromatic N) is 2. The van der Waals surface area contributed by atoms with Gasteiger partial charge in [-0.2, -0.15) is 0 Å². The van der Waals surface area contributed by atoms with Crippen molar-refractivity contribution in [3.63, 3.8) is 0 Å². The van der Waals surface area contributed by atoms with Crippen molar-refractivity contribution in [2.75, 3.05) is 13.1 Å². The molecule has 1 amide bonds. The van der Waals surface area contributed by atoms with Crippen molar-refractivity contribution in [1.29, 1.82) is 0 Å². The molecule has 0 saturated carbocycles. The van der Waals surface area contributed by atoms with E-state index in [1.165, 1.54) is 18.2 Å². The van der Waals surface area contributed by atoms with Crippen molar-refractivity contribution in [1.82, 2.24) is 9.88 Å². The Kier molecular flexibility index (Phi) is 6.27. The molecule has 2 rings (SSSR count). The molecule has 0 aliphatic rings. The molecule has 3 nitrogen and oxygen atoms in total. The minimum atomic E-state index is -0.672. The first-order valence-corrected chi connectivity index (χ1v) is 9.23. The Morgan fingerprint density at radius 1 is 1.12 bits per heavy atom. The molecule has 0 N–H and O–H groups in total. The summed E-state index contributed by atoms with van der Waals surface area (Å²) in [5.74, 6) is -0.804. The van der Waals surface area contributed by atoms with Crippen LogP contribution in [0.25, 0.3) is 10.6 Å². The molecule has 1 aromatic carbocycles. The average Bonchev–Trinajstić information content (AvgIpc) is 2.86. The Bertz CT molecular complexity index is 726. The second-order valence-electron chi connectivity index (χ2n) is 7.03. The van der Waals surface area contributed by atoms with Crippen molar-refractivity contribution in [2.45, 2.75) is 34.6 Å². The number of hydrogen-bond acceptors (Lipinski definition) is 3. The summed E-state index contributed by atoms with van der Waals surface area (Å²) in [5.41, 5.74) is 0.332. The zero-order chi connectivity index (χ0) is 18.7. The van der Waals surface area contributed by atoms with Crippen LogP contribution in [0.4, 0.5) is 8.78 Å². The fraction of sp³-hybridized carbons (Fsp3) is 0.474. The highest BCUT2D eigenvalue weighted by atomic mass is 32.1. The summed E-state index contributed by atoms with van der Waals surface area (Å²) in [7, 11) is 0. The van der Waals surface area contributed by atoms with Crippen LogP contribution in [0.15, 0.2) is 18.2 Å². The summed E-state index contributed by atoms with van der Waals surface area (Å²) < 4.78 is 28.0. The number of thiazole rings is 1. The van der Waals surface area contributed by atoms with Gasteiger partial charge in [-0.3, -0.25) is 4.79 Å². The van der Waals surface area contributed by atoms with Crippen LogP contribution in [0.1, 0.15) is 43.1 Å². The summed E-state index contributed by atoms with van der Waals surface area (Å²) in [6, 6.07) is 3.70. The standard InChI is InChI=1S/C19H24F2N2OS/c1-11(2)9-23(10-12(3)4)19(24)17-13(5)22-18(25-17)16-14(20)7-6-8-15(16)21/h6-8,11-12H,9-10H2,1-5H3. The van der Waals surface area contributed by atoms with Gasteiger partial charge in [0, 0.05) is 13.1 Å². The van der Waals surface area contributed by atoms with Crippen molar-refractivity contribution in [3.05, 3.63) is 40.4 Å². The van der Waals surface area contributed by atoms with E-state index in [0.29, 0.717) is 35.5 Å². The quantitative estimate of drug-likeness (QED) is 0.708. The first kappa shape index (κ1) is 19.5. The topological polar surface area (TPSA) is 33.2 Å². The normalized spacial score (nSPS) is 11.4. The predicted molar refractivity (Wildman–Crippen MR) is 97.8 cm³/mol. The molecule has 25 heavy (non-hydrogen) atoms. The molecule has 0 unspecified atom stereocenters. The molecule has 0 fully saturated rings. The lowest BCUT2D eigenvalue weighted by atomic mass is 10.1. The second kappa shape index (κ2) is 8.04. The highest BCUT2D eigenvalue weighted by molar-refractivity contribution is 7.17. The molecule has 0 aliphatic carbocycles. The van der Waals surface area contributed by atoms with Gasteiger partial charge in [0.1, 0.15) is 21.5 Å². The third kappa shape index (κ3) is 4.63. The van der Waals surface area contributed by atoms with Crippen LogP contribution in [-0.2, 0) is 0 Å². The molecule has 1 heterocycles. The molecule has 2 aromatic rings. The molecular weight excluding hydrogens is 342 g/mol. The minimum absolute atomic E-state index is 0.125. The monoisotopic (exact) mass is 366 g/mol. The number of aryl methyl sites for hydroxylation is 1. The zero-order valence-corrected chi connectivity index (χ0v) is 16.1. The fourth-order valence-electron chi connectivity index (χ4n) is 2.67. The predicted octanol–water partition coefficient (Wildman–Crippen LogP) is 5.15. The third-order valence-corrected chi connectivity index (χ3v) is 4.79. The maximum atomic E-state index is 14.0. The molecule has 0 radical (unpaired) electrons. The lowest BCUT2D eigenvalue weighted by molar-refractivity contribution is 0.0719. The van der Waals surface area contributed by atoms with E-state index in [1.807, 2.05) is 0 Å². The van der Waals surface area contributed by atoms with Gasteiger partial charge < -0.3 is 4.90 Å². The number of halogens is 2. The molecule has 6 heteroatoms. The van der Waals surface area contributed by atoms with Gasteiger partial charge in [-0.15, -0.1) is 11.3 Å². The number of rotatable bonds is 6. The number of benzene rings is 1. The van der Waals surface area contributed by atoms with Crippen LogP contribution in [0.3, 0.4) is 0 Å². The SMILES string of the molecule is Cc1nc(-c2c(F)cccc2F)sc1C(=O)N(CC(C)C)CC(C)C. The van der Waals surface area contributed by atoms with Crippen molar-refractivity contribution in [2.24, 2.45) is 11.8 Å². The molecule has 136 valence electrons. The van der Waals surface area contributed by atoms with Crippen molar-refractivity contribution < 1.29 is 13.6 Å². The van der Waals surface area contributed by atoms with E-state index in [9.17, 15) is 13.6 Å². The lowest BCUT2D eigenvalue weighted by Gasteiger charge is -2.26. The molecule has 0 spiro atoms. The van der Waals surface area contributed by atoms with Crippen LogP contribution >= 0.6 is 11.3 Å². The number of aromatic nitrogens is 1. The third-order valence-electron chi connectivity index (χ3n) is 3.63. The molecule has 1 aromatic heterocycles. The maximum absolute atomic E-state index is 14.0. The van der Waals surface area contributed by atoms with Crippen molar-refractivity contribution >= 4 is 17.2 Å². The Morgan fingerprint density at radius 3 is 2.12 bits per heavy atom. The van der Waals surface area contributed by atoms with Crippen LogP contribution < -0.4 is 0 Å². The highest BCUT2D eigenvalue weighted by Crippen LogP contribution is 2.32. The summed E-state index contributed by atoms with van der Waals surface area (Å²) in [6.45, 7) is 11.2. The van der Waals surface area contributed by atoms with Crippen molar-refractivity contribution in [3.8, 4) is 10.6 Å². The highest BCUT2D eigenvalue weighted by Gasteiger charge is 2.25. The van der Waals surface area contributed by atoms with Gasteiger partial charge in [0.2, 0.25) is 0 Å². The van der Waals surface area contributed by atoms with Gasteiger partial charge in [0.25, 0.3) is 5.91 Å².